The van der Waals surface area contributed by atoms with Crippen LogP contribution in [0.15, 0.2) is 36.8 Å². The Hall–Kier alpha value is -2.84. The highest BCUT2D eigenvalue weighted by Crippen LogP contribution is 2.48. The SMILES string of the molecule is CN(CCCCc1nc2ccc(C(F)(F)F)cc2n1COCC[Si](C)(C)C)CC1CC(n2ccc3c(CC4CC4)ncnc32)[C@@H]2OC(C)(C)O[C@H]12. The summed E-state index contributed by atoms with van der Waals surface area (Å²) < 4.78 is 64.0. The molecule has 9 nitrogen and oxygen atoms in total. The largest absolute Gasteiger partial charge is 0.416 e. The van der Waals surface area contributed by atoms with Gasteiger partial charge in [0.2, 0.25) is 0 Å². The normalized spacial score (nSPS) is 23.6. The molecule has 3 aromatic heterocycles. The Morgan fingerprint density at radius 3 is 2.59 bits per heavy atom. The fourth-order valence-electron chi connectivity index (χ4n) is 7.93. The van der Waals surface area contributed by atoms with Gasteiger partial charge in [0.05, 0.1) is 34.4 Å². The van der Waals surface area contributed by atoms with Crippen LogP contribution in [0.5, 0.6) is 0 Å². The lowest BCUT2D eigenvalue weighted by atomic mass is 10.0. The molecule has 2 unspecified atom stereocenters. The number of hydrogen-bond acceptors (Lipinski definition) is 7. The van der Waals surface area contributed by atoms with E-state index in [0.29, 0.717) is 24.1 Å². The molecule has 3 fully saturated rings. The van der Waals surface area contributed by atoms with Crippen LogP contribution in [0.4, 0.5) is 13.2 Å². The average Bonchev–Trinajstić information content (AvgIpc) is 3.36. The predicted octanol–water partition coefficient (Wildman–Crippen LogP) is 8.10. The van der Waals surface area contributed by atoms with Gasteiger partial charge in [0, 0.05) is 45.1 Å². The van der Waals surface area contributed by atoms with Gasteiger partial charge in [0.15, 0.2) is 5.79 Å². The number of ether oxygens (including phenoxy) is 3. The minimum Gasteiger partial charge on any atom is -0.361 e. The summed E-state index contributed by atoms with van der Waals surface area (Å²) in [5.41, 5.74) is 2.50. The van der Waals surface area contributed by atoms with Crippen molar-refractivity contribution in [3.05, 3.63) is 53.9 Å². The molecule has 51 heavy (non-hydrogen) atoms. The van der Waals surface area contributed by atoms with Gasteiger partial charge < -0.3 is 28.2 Å². The summed E-state index contributed by atoms with van der Waals surface area (Å²) >= 11 is 0. The molecule has 0 bridgehead atoms. The van der Waals surface area contributed by atoms with Crippen molar-refractivity contribution in [3.63, 3.8) is 0 Å². The molecular weight excluding hydrogens is 674 g/mol. The molecule has 4 atom stereocenters. The van der Waals surface area contributed by atoms with Crippen molar-refractivity contribution in [2.75, 3.05) is 26.7 Å². The molecule has 0 radical (unpaired) electrons. The van der Waals surface area contributed by atoms with Crippen LogP contribution in [-0.4, -0.2) is 81.8 Å². The fraction of sp³-hybridized carbons (Fsp3) is 0.658. The molecule has 4 aromatic rings. The molecule has 1 aliphatic heterocycles. The van der Waals surface area contributed by atoms with E-state index in [9.17, 15) is 13.2 Å². The molecule has 1 saturated heterocycles. The number of unbranched alkanes of at least 4 members (excludes halogenated alkanes) is 1. The first-order valence-corrected chi connectivity index (χ1v) is 22.3. The van der Waals surface area contributed by atoms with E-state index in [1.807, 2.05) is 18.4 Å². The van der Waals surface area contributed by atoms with E-state index in [1.165, 1.54) is 25.0 Å². The van der Waals surface area contributed by atoms with Crippen LogP contribution in [0.1, 0.15) is 69.1 Å². The molecule has 0 amide bonds. The molecule has 1 aromatic carbocycles. The molecule has 0 N–H and O–H groups in total. The second-order valence-corrected chi connectivity index (χ2v) is 22.4. The number of alkyl halides is 3. The van der Waals surface area contributed by atoms with E-state index in [1.54, 1.807) is 6.33 Å². The van der Waals surface area contributed by atoms with E-state index < -0.39 is 25.6 Å². The van der Waals surface area contributed by atoms with Crippen molar-refractivity contribution in [3.8, 4) is 0 Å². The number of imidazole rings is 1. The molecule has 0 spiro atoms. The van der Waals surface area contributed by atoms with Gasteiger partial charge in [-0.25, -0.2) is 15.0 Å². The maximum absolute atomic E-state index is 13.6. The lowest BCUT2D eigenvalue weighted by molar-refractivity contribution is -0.160. The Balaban J connectivity index is 0.988. The third-order valence-corrected chi connectivity index (χ3v) is 12.5. The molecule has 3 aliphatic rings. The summed E-state index contributed by atoms with van der Waals surface area (Å²) in [5, 5.41) is 1.15. The fourth-order valence-corrected chi connectivity index (χ4v) is 8.69. The number of rotatable bonds is 15. The quantitative estimate of drug-likeness (QED) is 0.0905. The summed E-state index contributed by atoms with van der Waals surface area (Å²) in [5.74, 6) is 1.16. The van der Waals surface area contributed by atoms with Crippen molar-refractivity contribution >= 4 is 30.1 Å². The van der Waals surface area contributed by atoms with Crippen LogP contribution in [0.25, 0.3) is 22.1 Å². The first kappa shape index (κ1) is 36.5. The smallest absolute Gasteiger partial charge is 0.361 e. The zero-order chi connectivity index (χ0) is 36.1. The maximum Gasteiger partial charge on any atom is 0.416 e. The van der Waals surface area contributed by atoms with Crippen LogP contribution in [0.3, 0.4) is 0 Å². The molecule has 2 saturated carbocycles. The number of hydrogen-bond donors (Lipinski definition) is 0. The van der Waals surface area contributed by atoms with Crippen molar-refractivity contribution in [2.45, 2.75) is 121 Å². The standard InChI is InChI=1S/C38H53F3N6O3Si/c1-37(2)49-34-26(20-32(35(34)50-37)46-16-14-28-30(19-25-10-11-25)42-23-43-36(28)46)22-45(3)15-8-7-9-33-44-29-13-12-27(38(39,40)41)21-31(29)47(33)24-48-17-18-51(4,5)6/h12-14,16,21,23,25-26,32,34-35H,7-11,15,17-20,22,24H2,1-6H3/t26?,32?,34-,35+/m1/s1. The van der Waals surface area contributed by atoms with Gasteiger partial charge in [0.25, 0.3) is 0 Å². The zero-order valence-electron chi connectivity index (χ0n) is 30.9. The van der Waals surface area contributed by atoms with Gasteiger partial charge in [-0.3, -0.25) is 0 Å². The second kappa shape index (κ2) is 14.2. The van der Waals surface area contributed by atoms with Gasteiger partial charge in [-0.15, -0.1) is 0 Å². The van der Waals surface area contributed by atoms with Crippen molar-refractivity contribution in [1.29, 1.82) is 0 Å². The van der Waals surface area contributed by atoms with Crippen molar-refractivity contribution < 1.29 is 27.4 Å². The van der Waals surface area contributed by atoms with Gasteiger partial charge in [0.1, 0.15) is 30.6 Å². The highest BCUT2D eigenvalue weighted by atomic mass is 28.3. The van der Waals surface area contributed by atoms with Gasteiger partial charge in [-0.05, 0) is 102 Å². The molecular formula is C38H53F3N6O3Si. The summed E-state index contributed by atoms with van der Waals surface area (Å²) in [6, 6.07) is 7.08. The number of aryl methyl sites for hydroxylation is 1. The number of benzene rings is 1. The Morgan fingerprint density at radius 1 is 1.06 bits per heavy atom. The van der Waals surface area contributed by atoms with Crippen LogP contribution in [0, 0.1) is 11.8 Å². The summed E-state index contributed by atoms with van der Waals surface area (Å²) in [7, 11) is 0.855. The maximum atomic E-state index is 13.6. The Labute approximate surface area is 299 Å². The van der Waals surface area contributed by atoms with E-state index in [0.717, 1.165) is 79.4 Å². The molecule has 278 valence electrons. The number of aromatic nitrogens is 5. The van der Waals surface area contributed by atoms with Gasteiger partial charge in [-0.2, -0.15) is 13.2 Å². The van der Waals surface area contributed by atoms with Crippen LogP contribution in [-0.2, 0) is 40.0 Å². The van der Waals surface area contributed by atoms with E-state index >= 15 is 0 Å². The first-order valence-electron chi connectivity index (χ1n) is 18.6. The summed E-state index contributed by atoms with van der Waals surface area (Å²) in [4.78, 5) is 16.5. The Morgan fingerprint density at radius 2 is 1.84 bits per heavy atom. The highest BCUT2D eigenvalue weighted by molar-refractivity contribution is 6.76. The van der Waals surface area contributed by atoms with E-state index in [2.05, 4.69) is 53.4 Å². The minimum absolute atomic E-state index is 0.0138. The van der Waals surface area contributed by atoms with Crippen LogP contribution >= 0.6 is 0 Å². The molecule has 2 aliphatic carbocycles. The minimum atomic E-state index is -4.42. The van der Waals surface area contributed by atoms with Crippen molar-refractivity contribution in [1.82, 2.24) is 29.0 Å². The van der Waals surface area contributed by atoms with Crippen LogP contribution in [0.2, 0.25) is 25.7 Å². The summed E-state index contributed by atoms with van der Waals surface area (Å²) in [6.07, 6.45) is 6.35. The lowest BCUT2D eigenvalue weighted by Gasteiger charge is -2.27. The van der Waals surface area contributed by atoms with Gasteiger partial charge >= 0.3 is 6.18 Å². The topological polar surface area (TPSA) is 79.5 Å². The number of fused-ring (bicyclic) bond motifs is 3. The second-order valence-electron chi connectivity index (χ2n) is 16.8. The lowest BCUT2D eigenvalue weighted by Crippen LogP contribution is -2.34. The highest BCUT2D eigenvalue weighted by Gasteiger charge is 2.54. The van der Waals surface area contributed by atoms with Gasteiger partial charge in [-0.1, -0.05) is 19.6 Å². The van der Waals surface area contributed by atoms with Crippen molar-refractivity contribution in [2.24, 2.45) is 11.8 Å². The predicted molar refractivity (Wildman–Crippen MR) is 194 cm³/mol. The molecule has 13 heteroatoms. The van der Waals surface area contributed by atoms with Crippen LogP contribution < -0.4 is 0 Å². The zero-order valence-corrected chi connectivity index (χ0v) is 31.9. The summed E-state index contributed by atoms with van der Waals surface area (Å²) in [6.45, 7) is 13.4. The third-order valence-electron chi connectivity index (χ3n) is 10.8. The first-order chi connectivity index (χ1) is 24.1. The monoisotopic (exact) mass is 726 g/mol. The number of halogens is 3. The van der Waals surface area contributed by atoms with E-state index in [4.69, 9.17) is 24.2 Å². The molecule has 7 rings (SSSR count). The number of nitrogens with zero attached hydrogens (tertiary/aromatic N) is 6. The molecule has 4 heterocycles. The average molecular weight is 727 g/mol. The van der Waals surface area contributed by atoms with E-state index in [-0.39, 0.29) is 30.9 Å². The third kappa shape index (κ3) is 8.37. The Kier molecular flexibility index (Phi) is 10.2. The Bertz CT molecular complexity index is 1830.